The first-order chi connectivity index (χ1) is 29.7. The third-order valence-electron chi connectivity index (χ3n) is 12.2. The van der Waals surface area contributed by atoms with Crippen LogP contribution in [0.25, 0.3) is 90.6 Å². The summed E-state index contributed by atoms with van der Waals surface area (Å²) in [5.74, 6) is 3.89. The molecule has 9 aromatic rings. The summed E-state index contributed by atoms with van der Waals surface area (Å²) in [5.41, 5.74) is 13.3. The van der Waals surface area contributed by atoms with Crippen molar-refractivity contribution >= 4 is 0 Å². The largest absolute Gasteiger partial charge is 0.208 e. The van der Waals surface area contributed by atoms with Gasteiger partial charge in [-0.1, -0.05) is 195 Å². The van der Waals surface area contributed by atoms with Crippen LogP contribution in [0.4, 0.5) is 0 Å². The zero-order valence-corrected chi connectivity index (χ0v) is 33.0. The molecular weight excluding hydrogens is 733 g/mol. The minimum absolute atomic E-state index is 0.0417. The maximum absolute atomic E-state index is 5.29. The molecule has 1 saturated carbocycles. The van der Waals surface area contributed by atoms with Crippen LogP contribution in [0, 0.1) is 0 Å². The van der Waals surface area contributed by atoms with Gasteiger partial charge in [0.05, 0.1) is 0 Å². The Labute approximate surface area is 349 Å². The molecule has 2 aliphatic rings. The van der Waals surface area contributed by atoms with Crippen LogP contribution in [-0.4, -0.2) is 29.9 Å². The summed E-state index contributed by atoms with van der Waals surface area (Å²) in [5, 5.41) is 0. The fourth-order valence-electron chi connectivity index (χ4n) is 9.31. The molecule has 11 rings (SSSR count). The van der Waals surface area contributed by atoms with Gasteiger partial charge in [-0.3, -0.25) is 0 Å². The molecular formula is C54H40N6. The molecule has 7 aromatic carbocycles. The highest BCUT2D eigenvalue weighted by Crippen LogP contribution is 2.57. The van der Waals surface area contributed by atoms with Crippen molar-refractivity contribution in [2.45, 2.75) is 37.5 Å². The summed E-state index contributed by atoms with van der Waals surface area (Å²) < 4.78 is 0. The van der Waals surface area contributed by atoms with E-state index in [9.17, 15) is 0 Å². The third kappa shape index (κ3) is 6.38. The van der Waals surface area contributed by atoms with Gasteiger partial charge in [0, 0.05) is 38.8 Å². The van der Waals surface area contributed by atoms with E-state index in [4.69, 9.17) is 29.9 Å². The summed E-state index contributed by atoms with van der Waals surface area (Å²) in [6.07, 6.45) is 6.12. The molecule has 6 nitrogen and oxygen atoms in total. The van der Waals surface area contributed by atoms with Gasteiger partial charge in [-0.2, -0.15) is 0 Å². The molecule has 0 bridgehead atoms. The van der Waals surface area contributed by atoms with E-state index in [0.29, 0.717) is 34.9 Å². The summed E-state index contributed by atoms with van der Waals surface area (Å²) >= 11 is 0. The van der Waals surface area contributed by atoms with Crippen molar-refractivity contribution in [1.82, 2.24) is 29.9 Å². The first-order valence-corrected chi connectivity index (χ1v) is 20.8. The third-order valence-corrected chi connectivity index (χ3v) is 12.2. The molecule has 286 valence electrons. The van der Waals surface area contributed by atoms with Crippen LogP contribution >= 0.6 is 0 Å². The van der Waals surface area contributed by atoms with E-state index >= 15 is 0 Å². The lowest BCUT2D eigenvalue weighted by Gasteiger charge is -2.36. The molecule has 0 radical (unpaired) electrons. The Morgan fingerprint density at radius 2 is 0.683 bits per heavy atom. The van der Waals surface area contributed by atoms with E-state index in [-0.39, 0.29) is 5.41 Å². The lowest BCUT2D eigenvalue weighted by molar-refractivity contribution is 0.353. The second-order valence-corrected chi connectivity index (χ2v) is 15.8. The molecule has 2 heterocycles. The second-order valence-electron chi connectivity index (χ2n) is 15.8. The molecule has 0 aliphatic heterocycles. The standard InChI is InChI=1S/C54H40N6/c1-5-17-37(18-6-1)48-55-49(38-19-7-2-8-20-38)57-51(56-48)40-31-29-36(30-32-40)41-23-15-24-42(35-41)52-58-50(39-21-9-3-10-22-39)59-53(60-52)44-26-16-28-46-47(44)43-25-11-12-27-45(43)54(46)33-13-4-14-34-54/h1-3,5-12,15-32,35H,4,13-14,33-34H2. The van der Waals surface area contributed by atoms with Gasteiger partial charge < -0.3 is 0 Å². The fraction of sp³-hybridized carbons (Fsp3) is 0.111. The fourth-order valence-corrected chi connectivity index (χ4v) is 9.31. The predicted molar refractivity (Wildman–Crippen MR) is 241 cm³/mol. The first-order valence-electron chi connectivity index (χ1n) is 20.8. The molecule has 1 spiro atoms. The van der Waals surface area contributed by atoms with Gasteiger partial charge in [0.1, 0.15) is 0 Å². The number of nitrogens with zero attached hydrogens (tertiary/aromatic N) is 6. The molecule has 6 heteroatoms. The zero-order chi connectivity index (χ0) is 39.9. The van der Waals surface area contributed by atoms with Crippen LogP contribution in [0.15, 0.2) is 182 Å². The molecule has 0 saturated heterocycles. The molecule has 1 fully saturated rings. The molecule has 0 N–H and O–H groups in total. The minimum atomic E-state index is 0.0417. The zero-order valence-electron chi connectivity index (χ0n) is 33.0. The Morgan fingerprint density at radius 1 is 0.283 bits per heavy atom. The van der Waals surface area contributed by atoms with Crippen molar-refractivity contribution in [2.75, 3.05) is 0 Å². The van der Waals surface area contributed by atoms with Gasteiger partial charge in [0.2, 0.25) is 0 Å². The minimum Gasteiger partial charge on any atom is -0.208 e. The van der Waals surface area contributed by atoms with Gasteiger partial charge >= 0.3 is 0 Å². The lowest BCUT2D eigenvalue weighted by Crippen LogP contribution is -2.27. The quantitative estimate of drug-likeness (QED) is 0.161. The number of hydrogen-bond acceptors (Lipinski definition) is 6. The monoisotopic (exact) mass is 772 g/mol. The SMILES string of the molecule is c1ccc(-c2nc(-c3ccccc3)nc(-c3ccc(-c4cccc(-c5nc(-c6ccccc6)nc(-c6cccc7c6-c6ccccc6C76CCCCC6)n5)c4)cc3)n2)cc1. The van der Waals surface area contributed by atoms with Crippen molar-refractivity contribution < 1.29 is 0 Å². The normalized spacial score (nSPS) is 13.8. The van der Waals surface area contributed by atoms with Crippen LogP contribution in [0.1, 0.15) is 43.2 Å². The van der Waals surface area contributed by atoms with Crippen LogP contribution < -0.4 is 0 Å². The highest BCUT2D eigenvalue weighted by atomic mass is 15.0. The van der Waals surface area contributed by atoms with Crippen LogP contribution in [-0.2, 0) is 5.41 Å². The lowest BCUT2D eigenvalue weighted by atomic mass is 9.68. The highest BCUT2D eigenvalue weighted by molar-refractivity contribution is 5.91. The summed E-state index contributed by atoms with van der Waals surface area (Å²) in [6, 6.07) is 63.0. The van der Waals surface area contributed by atoms with E-state index in [1.165, 1.54) is 54.4 Å². The smallest absolute Gasteiger partial charge is 0.164 e. The van der Waals surface area contributed by atoms with Crippen LogP contribution in [0.2, 0.25) is 0 Å². The molecule has 2 aromatic heterocycles. The Bertz CT molecular complexity index is 2940. The predicted octanol–water partition coefficient (Wildman–Crippen LogP) is 13.0. The van der Waals surface area contributed by atoms with Gasteiger partial charge in [-0.15, -0.1) is 0 Å². The molecule has 60 heavy (non-hydrogen) atoms. The Morgan fingerprint density at radius 3 is 1.27 bits per heavy atom. The van der Waals surface area contributed by atoms with Crippen LogP contribution in [0.3, 0.4) is 0 Å². The van der Waals surface area contributed by atoms with Crippen molar-refractivity contribution in [3.05, 3.63) is 193 Å². The van der Waals surface area contributed by atoms with E-state index in [1.54, 1.807) is 0 Å². The van der Waals surface area contributed by atoms with E-state index in [1.807, 2.05) is 78.9 Å². The number of benzene rings is 7. The van der Waals surface area contributed by atoms with E-state index < -0.39 is 0 Å². The average molecular weight is 773 g/mol. The Hall–Kier alpha value is -7.44. The first kappa shape index (κ1) is 35.7. The van der Waals surface area contributed by atoms with E-state index in [2.05, 4.69) is 103 Å². The maximum atomic E-state index is 5.29. The molecule has 0 atom stereocenters. The van der Waals surface area contributed by atoms with Crippen molar-refractivity contribution in [1.29, 1.82) is 0 Å². The van der Waals surface area contributed by atoms with Gasteiger partial charge in [-0.25, -0.2) is 29.9 Å². The topological polar surface area (TPSA) is 77.3 Å². The Kier molecular flexibility index (Phi) is 8.96. The highest BCUT2D eigenvalue weighted by Gasteiger charge is 2.44. The van der Waals surface area contributed by atoms with Crippen LogP contribution in [0.5, 0.6) is 0 Å². The van der Waals surface area contributed by atoms with Crippen molar-refractivity contribution in [2.24, 2.45) is 0 Å². The molecule has 0 amide bonds. The number of fused-ring (bicyclic) bond motifs is 5. The second kappa shape index (κ2) is 15.1. The summed E-state index contributed by atoms with van der Waals surface area (Å²) in [7, 11) is 0. The van der Waals surface area contributed by atoms with Gasteiger partial charge in [-0.05, 0) is 52.3 Å². The van der Waals surface area contributed by atoms with Crippen molar-refractivity contribution in [3.8, 4) is 90.6 Å². The van der Waals surface area contributed by atoms with Gasteiger partial charge in [0.25, 0.3) is 0 Å². The Balaban J connectivity index is 0.988. The average Bonchev–Trinajstić information content (AvgIpc) is 3.60. The molecule has 0 unspecified atom stereocenters. The number of hydrogen-bond donors (Lipinski definition) is 0. The summed E-state index contributed by atoms with van der Waals surface area (Å²) in [4.78, 5) is 30.4. The number of rotatable bonds is 7. The van der Waals surface area contributed by atoms with E-state index in [0.717, 1.165) is 44.5 Å². The summed E-state index contributed by atoms with van der Waals surface area (Å²) in [6.45, 7) is 0. The number of aromatic nitrogens is 6. The maximum Gasteiger partial charge on any atom is 0.164 e. The molecule has 2 aliphatic carbocycles. The van der Waals surface area contributed by atoms with Gasteiger partial charge in [0.15, 0.2) is 34.9 Å². The van der Waals surface area contributed by atoms with Crippen molar-refractivity contribution in [3.63, 3.8) is 0 Å².